The highest BCUT2D eigenvalue weighted by atomic mass is 16.3. The number of hydrogen-bond acceptors (Lipinski definition) is 4. The third-order valence-corrected chi connectivity index (χ3v) is 4.52. The van der Waals surface area contributed by atoms with Gasteiger partial charge in [0, 0.05) is 16.9 Å². The summed E-state index contributed by atoms with van der Waals surface area (Å²) in [6.45, 7) is 2.13. The Morgan fingerprint density at radius 3 is 2.52 bits per heavy atom. The molecule has 3 aromatic rings. The van der Waals surface area contributed by atoms with Crippen molar-refractivity contribution in [1.82, 2.24) is 4.98 Å². The first-order valence-electron chi connectivity index (χ1n) is 8.72. The summed E-state index contributed by atoms with van der Waals surface area (Å²) in [7, 11) is 0. The highest BCUT2D eigenvalue weighted by Gasteiger charge is 2.29. The van der Waals surface area contributed by atoms with E-state index in [-0.39, 0.29) is 18.2 Å². The first-order chi connectivity index (χ1) is 13.1. The van der Waals surface area contributed by atoms with Crippen LogP contribution in [0.5, 0.6) is 0 Å². The number of aromatic nitrogens is 1. The highest BCUT2D eigenvalue weighted by molar-refractivity contribution is 6.10. The lowest BCUT2D eigenvalue weighted by Crippen LogP contribution is -2.31. The molecule has 2 heterocycles. The van der Waals surface area contributed by atoms with Gasteiger partial charge in [-0.3, -0.25) is 4.79 Å². The Balaban J connectivity index is 1.73. The van der Waals surface area contributed by atoms with Gasteiger partial charge in [-0.15, -0.1) is 0 Å². The molecule has 27 heavy (non-hydrogen) atoms. The van der Waals surface area contributed by atoms with E-state index in [0.29, 0.717) is 17.0 Å². The molecule has 0 unspecified atom stereocenters. The number of aliphatic hydroxyl groups excluding tert-OH is 1. The number of carbonyl (C=O) groups excluding carboxylic acids is 1. The van der Waals surface area contributed by atoms with Gasteiger partial charge in [-0.1, -0.05) is 36.4 Å². The Morgan fingerprint density at radius 1 is 1.00 bits per heavy atom. The molecule has 0 fully saturated rings. The molecule has 1 aliphatic heterocycles. The molecule has 2 N–H and O–H groups in total. The molecule has 0 saturated carbocycles. The Hall–Kier alpha value is -3.60. The normalized spacial score (nSPS) is 13.3. The van der Waals surface area contributed by atoms with Gasteiger partial charge in [0.05, 0.1) is 17.8 Å². The molecule has 0 atom stereocenters. The van der Waals surface area contributed by atoms with Crippen LogP contribution in [-0.4, -0.2) is 22.5 Å². The smallest absolute Gasteiger partial charge is 0.258 e. The van der Waals surface area contributed by atoms with Gasteiger partial charge in [0.15, 0.2) is 0 Å². The summed E-state index contributed by atoms with van der Waals surface area (Å²) in [5.74, 6) is 0.106. The van der Waals surface area contributed by atoms with Crippen molar-refractivity contribution in [3.63, 3.8) is 0 Å². The first-order valence-corrected chi connectivity index (χ1v) is 8.72. The summed E-state index contributed by atoms with van der Waals surface area (Å²) >= 11 is 0. The molecule has 5 nitrogen and oxygen atoms in total. The topological polar surface area (TPSA) is 65.5 Å². The molecule has 1 aromatic heterocycles. The van der Waals surface area contributed by atoms with Crippen LogP contribution in [0.1, 0.15) is 11.3 Å². The third kappa shape index (κ3) is 3.27. The second-order valence-corrected chi connectivity index (χ2v) is 6.38. The zero-order chi connectivity index (χ0) is 18.8. The Bertz CT molecular complexity index is 1030. The summed E-state index contributed by atoms with van der Waals surface area (Å²) in [5, 5.41) is 13.6. The largest absolute Gasteiger partial charge is 0.507 e. The minimum Gasteiger partial charge on any atom is -0.507 e. The van der Waals surface area contributed by atoms with E-state index in [1.165, 1.54) is 0 Å². The molecular weight excluding hydrogens is 338 g/mol. The van der Waals surface area contributed by atoms with E-state index >= 15 is 0 Å². The summed E-state index contributed by atoms with van der Waals surface area (Å²) in [5.41, 5.74) is 3.57. The number of pyridine rings is 1. The predicted molar refractivity (Wildman–Crippen MR) is 107 cm³/mol. The molecule has 134 valence electrons. The number of hydrogen-bond donors (Lipinski definition) is 2. The van der Waals surface area contributed by atoms with Crippen LogP contribution >= 0.6 is 0 Å². The number of anilines is 3. The van der Waals surface area contributed by atoms with Crippen molar-refractivity contribution in [2.45, 2.75) is 6.92 Å². The standard InChI is InChI=1S/C22H19N3O2/c1-15-8-7-13-20(23-15)24-22(27)18-14-25(16-9-3-2-4-10-16)19-12-6-5-11-17(19)21(18)26/h2-13,26H,14H2,1H3,(H,23,24,27). The molecule has 5 heteroatoms. The fourth-order valence-electron chi connectivity index (χ4n) is 3.21. The Kier molecular flexibility index (Phi) is 4.34. The Labute approximate surface area is 157 Å². The average molecular weight is 357 g/mol. The van der Waals surface area contributed by atoms with Gasteiger partial charge >= 0.3 is 0 Å². The molecule has 0 bridgehead atoms. The fraction of sp³-hybridized carbons (Fsp3) is 0.0909. The van der Waals surface area contributed by atoms with E-state index in [0.717, 1.165) is 17.1 Å². The minimum absolute atomic E-state index is 0.00272. The van der Waals surface area contributed by atoms with Gasteiger partial charge in [-0.05, 0) is 43.3 Å². The van der Waals surface area contributed by atoms with Crippen LogP contribution in [0.25, 0.3) is 5.76 Å². The molecule has 1 aliphatic rings. The van der Waals surface area contributed by atoms with Crippen LogP contribution in [0, 0.1) is 6.92 Å². The SMILES string of the molecule is Cc1cccc(NC(=O)C2=C(O)c3ccccc3N(c3ccccc3)C2)n1. The number of fused-ring (bicyclic) bond motifs is 1. The second kappa shape index (κ2) is 6.96. The minimum atomic E-state index is -0.360. The Morgan fingerprint density at radius 2 is 1.74 bits per heavy atom. The van der Waals surface area contributed by atoms with Crippen molar-refractivity contribution in [1.29, 1.82) is 0 Å². The molecule has 0 saturated heterocycles. The summed E-state index contributed by atoms with van der Waals surface area (Å²) in [4.78, 5) is 19.2. The van der Waals surface area contributed by atoms with Gasteiger partial charge in [0.25, 0.3) is 5.91 Å². The maximum atomic E-state index is 12.9. The number of nitrogens with zero attached hydrogens (tertiary/aromatic N) is 2. The number of amides is 1. The van der Waals surface area contributed by atoms with E-state index in [4.69, 9.17) is 0 Å². The second-order valence-electron chi connectivity index (χ2n) is 6.38. The van der Waals surface area contributed by atoms with Crippen LogP contribution in [0.3, 0.4) is 0 Å². The lowest BCUT2D eigenvalue weighted by molar-refractivity contribution is -0.112. The van der Waals surface area contributed by atoms with E-state index in [2.05, 4.69) is 10.3 Å². The molecular formula is C22H19N3O2. The van der Waals surface area contributed by atoms with Gasteiger partial charge in [-0.25, -0.2) is 4.98 Å². The lowest BCUT2D eigenvalue weighted by atomic mass is 9.99. The zero-order valence-corrected chi connectivity index (χ0v) is 14.9. The molecule has 0 radical (unpaired) electrons. The van der Waals surface area contributed by atoms with E-state index < -0.39 is 0 Å². The number of para-hydroxylation sites is 2. The van der Waals surface area contributed by atoms with Crippen LogP contribution in [-0.2, 0) is 4.79 Å². The van der Waals surface area contributed by atoms with Gasteiger partial charge in [-0.2, -0.15) is 0 Å². The maximum absolute atomic E-state index is 12.9. The molecule has 2 aromatic carbocycles. The monoisotopic (exact) mass is 357 g/mol. The quantitative estimate of drug-likeness (QED) is 0.727. The van der Waals surface area contributed by atoms with Crippen molar-refractivity contribution in [3.8, 4) is 0 Å². The van der Waals surface area contributed by atoms with Crippen molar-refractivity contribution < 1.29 is 9.90 Å². The predicted octanol–water partition coefficient (Wildman–Crippen LogP) is 4.45. The zero-order valence-electron chi connectivity index (χ0n) is 14.9. The fourth-order valence-corrected chi connectivity index (χ4v) is 3.21. The molecule has 0 spiro atoms. The number of aryl methyl sites for hydroxylation is 1. The number of carbonyl (C=O) groups is 1. The average Bonchev–Trinajstić information content (AvgIpc) is 2.69. The summed E-state index contributed by atoms with van der Waals surface area (Å²) in [6, 6.07) is 22.8. The molecule has 4 rings (SSSR count). The van der Waals surface area contributed by atoms with Crippen molar-refractivity contribution >= 4 is 28.9 Å². The number of benzene rings is 2. The maximum Gasteiger partial charge on any atom is 0.258 e. The van der Waals surface area contributed by atoms with Gasteiger partial charge < -0.3 is 15.3 Å². The number of aliphatic hydroxyl groups is 1. The summed E-state index contributed by atoms with van der Waals surface area (Å²) in [6.07, 6.45) is 0. The van der Waals surface area contributed by atoms with Crippen LogP contribution in [0.4, 0.5) is 17.2 Å². The van der Waals surface area contributed by atoms with Crippen molar-refractivity contribution in [2.24, 2.45) is 0 Å². The number of rotatable bonds is 3. The van der Waals surface area contributed by atoms with Gasteiger partial charge in [0.1, 0.15) is 11.6 Å². The van der Waals surface area contributed by atoms with Gasteiger partial charge in [0.2, 0.25) is 0 Å². The molecule has 1 amide bonds. The van der Waals surface area contributed by atoms with E-state index in [9.17, 15) is 9.90 Å². The van der Waals surface area contributed by atoms with Crippen molar-refractivity contribution in [2.75, 3.05) is 16.8 Å². The first kappa shape index (κ1) is 16.8. The van der Waals surface area contributed by atoms with Crippen LogP contribution in [0.2, 0.25) is 0 Å². The highest BCUT2D eigenvalue weighted by Crippen LogP contribution is 2.38. The molecule has 0 aliphatic carbocycles. The summed E-state index contributed by atoms with van der Waals surface area (Å²) < 4.78 is 0. The van der Waals surface area contributed by atoms with E-state index in [1.54, 1.807) is 6.07 Å². The third-order valence-electron chi connectivity index (χ3n) is 4.52. The van der Waals surface area contributed by atoms with Crippen LogP contribution in [0.15, 0.2) is 78.4 Å². The number of nitrogens with one attached hydrogen (secondary N) is 1. The van der Waals surface area contributed by atoms with E-state index in [1.807, 2.05) is 78.6 Å². The van der Waals surface area contributed by atoms with Crippen molar-refractivity contribution in [3.05, 3.63) is 89.6 Å². The van der Waals surface area contributed by atoms with Crippen LogP contribution < -0.4 is 10.2 Å². The lowest BCUT2D eigenvalue weighted by Gasteiger charge is -2.32.